The lowest BCUT2D eigenvalue weighted by Crippen LogP contribution is -2.20. The Labute approximate surface area is 106 Å². The van der Waals surface area contributed by atoms with Gasteiger partial charge in [0.1, 0.15) is 5.82 Å². The van der Waals surface area contributed by atoms with Gasteiger partial charge >= 0.3 is 0 Å². The van der Waals surface area contributed by atoms with E-state index in [9.17, 15) is 4.39 Å². The standard InChI is InChI=1S/C14H20BrF/c1-10-5-7-12(16)9-11(10)6-8-13(15)14(2,3)4/h5,7,9,13H,6,8H2,1-4H3. The van der Waals surface area contributed by atoms with Crippen molar-refractivity contribution < 1.29 is 4.39 Å². The van der Waals surface area contributed by atoms with Crippen LogP contribution in [0.4, 0.5) is 4.39 Å². The molecule has 2 heteroatoms. The summed E-state index contributed by atoms with van der Waals surface area (Å²) >= 11 is 3.71. The molecule has 0 saturated heterocycles. The fraction of sp³-hybridized carbons (Fsp3) is 0.571. The van der Waals surface area contributed by atoms with E-state index < -0.39 is 0 Å². The Morgan fingerprint density at radius 2 is 1.94 bits per heavy atom. The molecule has 0 aliphatic rings. The third-order valence-electron chi connectivity index (χ3n) is 2.92. The summed E-state index contributed by atoms with van der Waals surface area (Å²) < 4.78 is 13.1. The lowest BCUT2D eigenvalue weighted by atomic mass is 9.88. The van der Waals surface area contributed by atoms with E-state index in [2.05, 4.69) is 36.7 Å². The topological polar surface area (TPSA) is 0 Å². The third-order valence-corrected chi connectivity index (χ3v) is 4.75. The Morgan fingerprint density at radius 1 is 1.31 bits per heavy atom. The van der Waals surface area contributed by atoms with E-state index >= 15 is 0 Å². The first-order valence-electron chi connectivity index (χ1n) is 5.70. The summed E-state index contributed by atoms with van der Waals surface area (Å²) in [5.74, 6) is -0.137. The van der Waals surface area contributed by atoms with E-state index in [0.717, 1.165) is 18.4 Å². The van der Waals surface area contributed by atoms with Crippen molar-refractivity contribution in [2.24, 2.45) is 5.41 Å². The monoisotopic (exact) mass is 286 g/mol. The molecule has 0 amide bonds. The molecule has 0 fully saturated rings. The van der Waals surface area contributed by atoms with Gasteiger partial charge in [-0.1, -0.05) is 42.8 Å². The average Bonchev–Trinajstić information content (AvgIpc) is 2.17. The van der Waals surface area contributed by atoms with Crippen LogP contribution >= 0.6 is 15.9 Å². The Hall–Kier alpha value is -0.370. The Kier molecular flexibility index (Phi) is 4.54. The smallest absolute Gasteiger partial charge is 0.123 e. The fourth-order valence-electron chi connectivity index (χ4n) is 1.62. The molecule has 90 valence electrons. The molecule has 0 nitrogen and oxygen atoms in total. The van der Waals surface area contributed by atoms with Crippen molar-refractivity contribution in [1.82, 2.24) is 0 Å². The molecule has 0 saturated carbocycles. The highest BCUT2D eigenvalue weighted by molar-refractivity contribution is 9.09. The normalized spacial score (nSPS) is 13.9. The minimum Gasteiger partial charge on any atom is -0.207 e. The molecule has 0 aliphatic heterocycles. The highest BCUT2D eigenvalue weighted by atomic mass is 79.9. The van der Waals surface area contributed by atoms with Crippen LogP contribution in [0, 0.1) is 18.2 Å². The summed E-state index contributed by atoms with van der Waals surface area (Å²) in [4.78, 5) is 0.461. The number of aryl methyl sites for hydroxylation is 2. The Balaban J connectivity index is 2.64. The molecule has 0 aliphatic carbocycles. The van der Waals surface area contributed by atoms with Gasteiger partial charge in [-0.25, -0.2) is 4.39 Å². The lowest BCUT2D eigenvalue weighted by molar-refractivity contribution is 0.385. The van der Waals surface area contributed by atoms with Gasteiger partial charge in [0.15, 0.2) is 0 Å². The summed E-state index contributed by atoms with van der Waals surface area (Å²) in [6, 6.07) is 5.02. The maximum atomic E-state index is 13.1. The zero-order valence-corrected chi connectivity index (χ0v) is 12.1. The second-order valence-electron chi connectivity index (χ2n) is 5.44. The van der Waals surface area contributed by atoms with Crippen LogP contribution < -0.4 is 0 Å². The highest BCUT2D eigenvalue weighted by Gasteiger charge is 2.21. The van der Waals surface area contributed by atoms with Gasteiger partial charge in [0, 0.05) is 4.83 Å². The summed E-state index contributed by atoms with van der Waals surface area (Å²) in [6.45, 7) is 8.68. The fourth-order valence-corrected chi connectivity index (χ4v) is 1.85. The van der Waals surface area contributed by atoms with E-state index in [1.807, 2.05) is 13.0 Å². The zero-order chi connectivity index (χ0) is 12.3. The summed E-state index contributed by atoms with van der Waals surface area (Å²) in [7, 11) is 0. The van der Waals surface area contributed by atoms with Crippen molar-refractivity contribution >= 4 is 15.9 Å². The summed E-state index contributed by atoms with van der Waals surface area (Å²) in [5.41, 5.74) is 2.55. The molecule has 0 heterocycles. The molecule has 1 rings (SSSR count). The molecule has 0 spiro atoms. The number of hydrogen-bond donors (Lipinski definition) is 0. The van der Waals surface area contributed by atoms with Gasteiger partial charge in [-0.15, -0.1) is 0 Å². The maximum Gasteiger partial charge on any atom is 0.123 e. The van der Waals surface area contributed by atoms with Crippen LogP contribution in [0.1, 0.15) is 38.3 Å². The molecular formula is C14H20BrF. The van der Waals surface area contributed by atoms with Crippen LogP contribution in [-0.2, 0) is 6.42 Å². The van der Waals surface area contributed by atoms with Crippen LogP contribution in [0.2, 0.25) is 0 Å². The molecule has 16 heavy (non-hydrogen) atoms. The predicted molar refractivity (Wildman–Crippen MR) is 71.6 cm³/mol. The van der Waals surface area contributed by atoms with E-state index in [-0.39, 0.29) is 11.2 Å². The van der Waals surface area contributed by atoms with Crippen LogP contribution in [0.3, 0.4) is 0 Å². The molecular weight excluding hydrogens is 267 g/mol. The molecule has 0 aromatic heterocycles. The van der Waals surface area contributed by atoms with Crippen molar-refractivity contribution in [3.05, 3.63) is 35.1 Å². The van der Waals surface area contributed by atoms with Crippen LogP contribution in [0.5, 0.6) is 0 Å². The van der Waals surface area contributed by atoms with Gasteiger partial charge in [-0.3, -0.25) is 0 Å². The van der Waals surface area contributed by atoms with E-state index in [0.29, 0.717) is 4.83 Å². The second kappa shape index (κ2) is 5.31. The van der Waals surface area contributed by atoms with E-state index in [1.165, 1.54) is 11.6 Å². The Bertz CT molecular complexity index is 352. The molecule has 1 unspecified atom stereocenters. The quantitative estimate of drug-likeness (QED) is 0.695. The number of hydrogen-bond acceptors (Lipinski definition) is 0. The summed E-state index contributed by atoms with van der Waals surface area (Å²) in [6.07, 6.45) is 1.96. The van der Waals surface area contributed by atoms with E-state index in [1.54, 1.807) is 6.07 Å². The second-order valence-corrected chi connectivity index (χ2v) is 6.55. The lowest BCUT2D eigenvalue weighted by Gasteiger charge is -2.25. The molecule has 0 bridgehead atoms. The van der Waals surface area contributed by atoms with Gasteiger partial charge in [0.25, 0.3) is 0 Å². The third kappa shape index (κ3) is 3.89. The van der Waals surface area contributed by atoms with Crippen molar-refractivity contribution in [2.75, 3.05) is 0 Å². The minimum absolute atomic E-state index is 0.137. The first kappa shape index (κ1) is 13.7. The van der Waals surface area contributed by atoms with Gasteiger partial charge in [-0.05, 0) is 48.4 Å². The first-order chi connectivity index (χ1) is 7.30. The van der Waals surface area contributed by atoms with Crippen molar-refractivity contribution in [3.8, 4) is 0 Å². The SMILES string of the molecule is Cc1ccc(F)cc1CCC(Br)C(C)(C)C. The predicted octanol–water partition coefficient (Wildman–Crippen LogP) is 4.88. The Morgan fingerprint density at radius 3 is 2.50 bits per heavy atom. The van der Waals surface area contributed by atoms with Crippen molar-refractivity contribution in [3.63, 3.8) is 0 Å². The van der Waals surface area contributed by atoms with Gasteiger partial charge < -0.3 is 0 Å². The summed E-state index contributed by atoms with van der Waals surface area (Å²) in [5, 5.41) is 0. The number of halogens is 2. The van der Waals surface area contributed by atoms with Crippen LogP contribution in [0.15, 0.2) is 18.2 Å². The van der Waals surface area contributed by atoms with Gasteiger partial charge in [-0.2, -0.15) is 0 Å². The number of alkyl halides is 1. The molecule has 1 aromatic rings. The number of rotatable bonds is 3. The van der Waals surface area contributed by atoms with Gasteiger partial charge in [0.2, 0.25) is 0 Å². The van der Waals surface area contributed by atoms with Crippen molar-refractivity contribution in [2.45, 2.75) is 45.4 Å². The maximum absolute atomic E-state index is 13.1. The first-order valence-corrected chi connectivity index (χ1v) is 6.61. The van der Waals surface area contributed by atoms with E-state index in [4.69, 9.17) is 0 Å². The zero-order valence-electron chi connectivity index (χ0n) is 10.5. The average molecular weight is 287 g/mol. The molecule has 1 aromatic carbocycles. The molecule has 0 N–H and O–H groups in total. The largest absolute Gasteiger partial charge is 0.207 e. The van der Waals surface area contributed by atoms with Gasteiger partial charge in [0.05, 0.1) is 0 Å². The van der Waals surface area contributed by atoms with Crippen molar-refractivity contribution in [1.29, 1.82) is 0 Å². The molecule has 0 radical (unpaired) electrons. The number of benzene rings is 1. The highest BCUT2D eigenvalue weighted by Crippen LogP contribution is 2.30. The molecule has 1 atom stereocenters. The minimum atomic E-state index is -0.137. The van der Waals surface area contributed by atoms with Crippen LogP contribution in [0.25, 0.3) is 0 Å². The van der Waals surface area contributed by atoms with Crippen LogP contribution in [-0.4, -0.2) is 4.83 Å².